The number of hydrogen-bond acceptors (Lipinski definition) is 9. The van der Waals surface area contributed by atoms with Crippen LogP contribution < -0.4 is 21.4 Å². The van der Waals surface area contributed by atoms with Gasteiger partial charge in [0.2, 0.25) is 0 Å². The Morgan fingerprint density at radius 3 is 2.17 bits per heavy atom. The van der Waals surface area contributed by atoms with Gasteiger partial charge in [0.05, 0.1) is 12.9 Å². The maximum Gasteiger partial charge on any atom is 0.359 e. The molecule has 0 radical (unpaired) electrons. The molecule has 276 valence electrons. The molecule has 53 heavy (non-hydrogen) atoms. The topological polar surface area (TPSA) is 176 Å². The molecule has 4 unspecified atom stereocenters. The summed E-state index contributed by atoms with van der Waals surface area (Å²) in [5.41, 5.74) is 7.28. The van der Waals surface area contributed by atoms with Gasteiger partial charge in [-0.15, -0.1) is 0 Å². The fourth-order valence-corrected chi connectivity index (χ4v) is 7.33. The van der Waals surface area contributed by atoms with E-state index in [-0.39, 0.29) is 24.3 Å². The minimum absolute atomic E-state index is 0.00793. The number of likely N-dealkylation sites (N-methyl/N-ethyl adjacent to an activating group) is 1. The maximum absolute atomic E-state index is 13.5. The second-order valence-electron chi connectivity index (χ2n) is 13.6. The molecule has 4 atom stereocenters. The average molecular weight is 721 g/mol. The number of imidazole rings is 1. The third-order valence-corrected chi connectivity index (χ3v) is 9.96. The van der Waals surface area contributed by atoms with Crippen LogP contribution in [-0.2, 0) is 22.6 Å². The summed E-state index contributed by atoms with van der Waals surface area (Å²) in [5.74, 6) is 0.146. The highest BCUT2D eigenvalue weighted by Crippen LogP contribution is 2.33. The number of rotatable bonds is 13. The molecule has 2 aromatic heterocycles. The molecule has 2 aliphatic rings. The standard InChI is InChI=1S/C39H45N9O5/c1-2-40-37(51)34-32(49)33(50)38(53-34)47-25-43-31-35(41-22-29(27-16-8-4-9-17-27)28-18-10-5-11-19-28)44-30(45-36(31)47)23-42-39(52)46-48(20-12-13-21-48)24-26-14-6-3-7-15-26/h3-11,14-19,25,29,32-34,38,49-50H,2,12-13,20-24H2,1H3,(H3-,40,41,42,44,45,46,51,52)/p+1. The number of nitrogens with one attached hydrogen (secondary N) is 4. The lowest BCUT2D eigenvalue weighted by Gasteiger charge is -2.33. The molecule has 5 aromatic rings. The number of quaternary nitrogens is 1. The molecule has 7 rings (SSSR count). The van der Waals surface area contributed by atoms with Gasteiger partial charge >= 0.3 is 6.03 Å². The van der Waals surface area contributed by atoms with E-state index < -0.39 is 30.4 Å². The van der Waals surface area contributed by atoms with Gasteiger partial charge in [-0.2, -0.15) is 5.43 Å². The zero-order valence-corrected chi connectivity index (χ0v) is 29.6. The fourth-order valence-electron chi connectivity index (χ4n) is 7.33. The molecule has 14 heteroatoms. The first kappa shape index (κ1) is 36.0. The first-order valence-electron chi connectivity index (χ1n) is 18.2. The minimum Gasteiger partial charge on any atom is -0.387 e. The quantitative estimate of drug-likeness (QED) is 0.0997. The van der Waals surface area contributed by atoms with Crippen molar-refractivity contribution in [1.82, 2.24) is 35.6 Å². The van der Waals surface area contributed by atoms with Crippen molar-refractivity contribution in [2.75, 3.05) is 31.5 Å². The number of ether oxygens (including phenoxy) is 1. The zero-order chi connectivity index (χ0) is 36.8. The normalized spacial score (nSPS) is 20.8. The Labute approximate surface area is 307 Å². The third-order valence-electron chi connectivity index (χ3n) is 9.96. The van der Waals surface area contributed by atoms with E-state index in [1.54, 1.807) is 6.92 Å². The lowest BCUT2D eigenvalue weighted by Crippen LogP contribution is -2.60. The van der Waals surface area contributed by atoms with Crippen LogP contribution in [0.2, 0.25) is 0 Å². The zero-order valence-electron chi connectivity index (χ0n) is 29.6. The highest BCUT2D eigenvalue weighted by Gasteiger charge is 2.47. The first-order valence-corrected chi connectivity index (χ1v) is 18.2. The Morgan fingerprint density at radius 2 is 1.53 bits per heavy atom. The first-order chi connectivity index (χ1) is 25.8. The summed E-state index contributed by atoms with van der Waals surface area (Å²) in [7, 11) is 0. The van der Waals surface area contributed by atoms with Gasteiger partial charge in [-0.3, -0.25) is 9.36 Å². The number of likely N-dealkylation sites (tertiary alicyclic amines) is 1. The Kier molecular flexibility index (Phi) is 10.9. The van der Waals surface area contributed by atoms with Gasteiger partial charge in [0.25, 0.3) is 5.91 Å². The van der Waals surface area contributed by atoms with Crippen molar-refractivity contribution in [3.8, 4) is 0 Å². The van der Waals surface area contributed by atoms with Crippen molar-refractivity contribution >= 4 is 28.9 Å². The SMILES string of the molecule is CCNC(=O)C1OC(n2cnc3c(NCC(c4ccccc4)c4ccccc4)nc(CNC(=O)N[N+]4(Cc5ccccc5)CCCC4)nc32)C(O)C1O. The molecule has 0 aliphatic carbocycles. The summed E-state index contributed by atoms with van der Waals surface area (Å²) < 4.78 is 7.87. The van der Waals surface area contributed by atoms with Crippen LogP contribution >= 0.6 is 0 Å². The molecule has 14 nitrogen and oxygen atoms in total. The largest absolute Gasteiger partial charge is 0.387 e. The van der Waals surface area contributed by atoms with Crippen LogP contribution in [0.5, 0.6) is 0 Å². The Balaban J connectivity index is 1.17. The summed E-state index contributed by atoms with van der Waals surface area (Å²) in [6, 6.07) is 30.1. The molecule has 4 heterocycles. The van der Waals surface area contributed by atoms with Crippen LogP contribution in [-0.4, -0.2) is 90.8 Å². The summed E-state index contributed by atoms with van der Waals surface area (Å²) in [5, 5.41) is 30.9. The van der Waals surface area contributed by atoms with E-state index >= 15 is 0 Å². The van der Waals surface area contributed by atoms with Crippen molar-refractivity contribution in [1.29, 1.82) is 0 Å². The van der Waals surface area contributed by atoms with Crippen LogP contribution in [0.4, 0.5) is 10.6 Å². The molecular weight excluding hydrogens is 674 g/mol. The van der Waals surface area contributed by atoms with Gasteiger partial charge in [0.15, 0.2) is 35.1 Å². The van der Waals surface area contributed by atoms with E-state index in [0.717, 1.165) is 42.6 Å². The van der Waals surface area contributed by atoms with Gasteiger partial charge in [0.1, 0.15) is 31.8 Å². The van der Waals surface area contributed by atoms with Crippen molar-refractivity contribution in [2.45, 2.75) is 63.3 Å². The molecule has 3 aromatic carbocycles. The number of carbonyl (C=O) groups is 2. The number of aromatic nitrogens is 4. The lowest BCUT2D eigenvalue weighted by atomic mass is 9.91. The van der Waals surface area contributed by atoms with Crippen LogP contribution in [0.3, 0.4) is 0 Å². The summed E-state index contributed by atoms with van der Waals surface area (Å²) in [4.78, 5) is 40.3. The summed E-state index contributed by atoms with van der Waals surface area (Å²) >= 11 is 0. The van der Waals surface area contributed by atoms with Crippen molar-refractivity contribution in [3.05, 3.63) is 120 Å². The van der Waals surface area contributed by atoms with E-state index in [1.165, 1.54) is 10.9 Å². The van der Waals surface area contributed by atoms with Crippen LogP contribution in [0.15, 0.2) is 97.3 Å². The summed E-state index contributed by atoms with van der Waals surface area (Å²) in [6.07, 6.45) is -1.87. The number of benzene rings is 3. The number of aliphatic hydroxyl groups is 2. The Hall–Kier alpha value is -5.41. The monoisotopic (exact) mass is 720 g/mol. The molecule has 2 saturated heterocycles. The Bertz CT molecular complexity index is 1950. The van der Waals surface area contributed by atoms with Crippen LogP contribution in [0.25, 0.3) is 11.2 Å². The number of nitrogens with zero attached hydrogens (tertiary/aromatic N) is 5. The smallest absolute Gasteiger partial charge is 0.359 e. The molecule has 2 fully saturated rings. The van der Waals surface area contributed by atoms with Gasteiger partial charge < -0.3 is 30.9 Å². The predicted octanol–water partition coefficient (Wildman–Crippen LogP) is 3.35. The van der Waals surface area contributed by atoms with Crippen LogP contribution in [0, 0.1) is 0 Å². The number of urea groups is 1. The molecule has 3 amide bonds. The molecule has 0 spiro atoms. The summed E-state index contributed by atoms with van der Waals surface area (Å²) in [6.45, 7) is 4.89. The minimum atomic E-state index is -1.47. The van der Waals surface area contributed by atoms with Gasteiger partial charge in [-0.05, 0) is 18.1 Å². The highest BCUT2D eigenvalue weighted by atomic mass is 16.6. The van der Waals surface area contributed by atoms with Crippen LogP contribution in [0.1, 0.15) is 54.4 Å². The molecule has 0 bridgehead atoms. The number of aliphatic hydroxyl groups excluding tert-OH is 2. The fraction of sp³-hybridized carbons (Fsp3) is 0.359. The number of carbonyl (C=O) groups excluding carboxylic acids is 2. The van der Waals surface area contributed by atoms with Gasteiger partial charge in [-0.25, -0.2) is 24.3 Å². The number of amides is 3. The second-order valence-corrected chi connectivity index (χ2v) is 13.6. The van der Waals surface area contributed by atoms with E-state index in [0.29, 0.717) is 41.2 Å². The van der Waals surface area contributed by atoms with Gasteiger partial charge in [-0.1, -0.05) is 91.0 Å². The number of anilines is 1. The molecular formula is C39H46N9O5+. The van der Waals surface area contributed by atoms with Crippen molar-refractivity contribution in [2.24, 2.45) is 0 Å². The highest BCUT2D eigenvalue weighted by molar-refractivity contribution is 5.84. The molecule has 2 aliphatic heterocycles. The van der Waals surface area contributed by atoms with E-state index in [4.69, 9.17) is 14.7 Å². The molecule has 6 N–H and O–H groups in total. The van der Waals surface area contributed by atoms with E-state index in [9.17, 15) is 19.8 Å². The maximum atomic E-state index is 13.5. The predicted molar refractivity (Wildman–Crippen MR) is 198 cm³/mol. The average Bonchev–Trinajstić information content (AvgIpc) is 3.89. The van der Waals surface area contributed by atoms with Crippen molar-refractivity contribution < 1.29 is 29.1 Å². The van der Waals surface area contributed by atoms with Crippen molar-refractivity contribution in [3.63, 3.8) is 0 Å². The van der Waals surface area contributed by atoms with E-state index in [1.807, 2.05) is 54.6 Å². The second kappa shape index (κ2) is 16.1. The third kappa shape index (κ3) is 8.00. The number of fused-ring (bicyclic) bond motifs is 1. The van der Waals surface area contributed by atoms with E-state index in [2.05, 4.69) is 62.8 Å². The lowest BCUT2D eigenvalue weighted by molar-refractivity contribution is -0.962. The molecule has 0 saturated carbocycles. The van der Waals surface area contributed by atoms with Gasteiger partial charge in [0, 0.05) is 37.4 Å². The number of hydrogen-bond donors (Lipinski definition) is 6. The Morgan fingerprint density at radius 1 is 0.887 bits per heavy atom.